The minimum Gasteiger partial charge on any atom is -0.324 e. The van der Waals surface area contributed by atoms with Gasteiger partial charge in [0.05, 0.1) is 40.4 Å². The van der Waals surface area contributed by atoms with Gasteiger partial charge >= 0.3 is 0 Å². The number of aromatic nitrogens is 2. The van der Waals surface area contributed by atoms with Crippen LogP contribution in [0, 0.1) is 13.8 Å². The largest absolute Gasteiger partial charge is 0.324 e. The quantitative estimate of drug-likeness (QED) is 0.811. The predicted octanol–water partition coefficient (Wildman–Crippen LogP) is 2.59. The first-order chi connectivity index (χ1) is 12.2. The summed E-state index contributed by atoms with van der Waals surface area (Å²) in [5.41, 5.74) is 2.89. The molecule has 0 bridgehead atoms. The van der Waals surface area contributed by atoms with Gasteiger partial charge in [-0.25, -0.2) is 0 Å². The molecule has 0 saturated carbocycles. The van der Waals surface area contributed by atoms with Gasteiger partial charge < -0.3 is 10.6 Å². The number of carbonyl (C=O) groups is 2. The first kappa shape index (κ1) is 19.9. The van der Waals surface area contributed by atoms with Gasteiger partial charge in [0.15, 0.2) is 0 Å². The van der Waals surface area contributed by atoms with Crippen molar-refractivity contribution in [1.29, 1.82) is 0 Å². The summed E-state index contributed by atoms with van der Waals surface area (Å²) in [6, 6.07) is 6.52. The second-order valence-corrected chi connectivity index (χ2v) is 6.68. The number of hydrogen-bond donors (Lipinski definition) is 2. The SMILES string of the molecule is Cc1nn(C)c(C)c1NC(=O)[C@H](C)N(C)CC(=O)Nc1ccccc1Cl. The molecule has 7 nitrogen and oxygen atoms in total. The van der Waals surface area contributed by atoms with Gasteiger partial charge in [0, 0.05) is 7.05 Å². The molecule has 2 rings (SSSR count). The van der Waals surface area contributed by atoms with Crippen LogP contribution in [-0.2, 0) is 16.6 Å². The molecule has 0 aliphatic heterocycles. The fourth-order valence-corrected chi connectivity index (χ4v) is 2.68. The van der Waals surface area contributed by atoms with Gasteiger partial charge in [0.2, 0.25) is 11.8 Å². The third-order valence-corrected chi connectivity index (χ3v) is 4.67. The zero-order valence-electron chi connectivity index (χ0n) is 15.6. The van der Waals surface area contributed by atoms with E-state index in [2.05, 4.69) is 15.7 Å². The van der Waals surface area contributed by atoms with Crippen LogP contribution in [0.5, 0.6) is 0 Å². The monoisotopic (exact) mass is 377 g/mol. The molecule has 1 atom stereocenters. The zero-order chi connectivity index (χ0) is 19.4. The number of aryl methyl sites for hydroxylation is 2. The van der Waals surface area contributed by atoms with E-state index in [9.17, 15) is 9.59 Å². The molecule has 2 N–H and O–H groups in total. The van der Waals surface area contributed by atoms with Crippen molar-refractivity contribution < 1.29 is 9.59 Å². The van der Waals surface area contributed by atoms with Crippen LogP contribution >= 0.6 is 11.6 Å². The number of carbonyl (C=O) groups excluding carboxylic acids is 2. The highest BCUT2D eigenvalue weighted by atomic mass is 35.5. The van der Waals surface area contributed by atoms with Crippen LogP contribution in [0.3, 0.4) is 0 Å². The topological polar surface area (TPSA) is 79.3 Å². The molecule has 26 heavy (non-hydrogen) atoms. The Kier molecular flexibility index (Phi) is 6.39. The Balaban J connectivity index is 1.95. The standard InChI is InChI=1S/C18H24ClN5O2/c1-11-17(12(2)24(5)22-11)21-18(26)13(3)23(4)10-16(25)20-15-9-7-6-8-14(15)19/h6-9,13H,10H2,1-5H3,(H,20,25)(H,21,26)/t13-/m0/s1. The summed E-state index contributed by atoms with van der Waals surface area (Å²) in [4.78, 5) is 26.4. The lowest BCUT2D eigenvalue weighted by Gasteiger charge is -2.23. The van der Waals surface area contributed by atoms with E-state index in [0.717, 1.165) is 11.4 Å². The Morgan fingerprint density at radius 1 is 1.27 bits per heavy atom. The summed E-state index contributed by atoms with van der Waals surface area (Å²) in [7, 11) is 3.55. The van der Waals surface area contributed by atoms with E-state index in [-0.39, 0.29) is 18.4 Å². The van der Waals surface area contributed by atoms with Crippen molar-refractivity contribution in [2.45, 2.75) is 26.8 Å². The number of halogens is 1. The van der Waals surface area contributed by atoms with Crippen LogP contribution in [0.2, 0.25) is 5.02 Å². The van der Waals surface area contributed by atoms with E-state index >= 15 is 0 Å². The average molecular weight is 378 g/mol. The molecule has 1 heterocycles. The molecule has 0 saturated heterocycles. The van der Waals surface area contributed by atoms with E-state index in [1.54, 1.807) is 47.8 Å². The third-order valence-electron chi connectivity index (χ3n) is 4.34. The van der Waals surface area contributed by atoms with Crippen molar-refractivity contribution in [3.05, 3.63) is 40.7 Å². The smallest absolute Gasteiger partial charge is 0.241 e. The van der Waals surface area contributed by atoms with Gasteiger partial charge in [-0.05, 0) is 40.0 Å². The molecule has 2 amide bonds. The Bertz CT molecular complexity index is 818. The molecule has 0 spiro atoms. The predicted molar refractivity (Wildman–Crippen MR) is 103 cm³/mol. The number of anilines is 2. The fraction of sp³-hybridized carbons (Fsp3) is 0.389. The number of likely N-dealkylation sites (N-methyl/N-ethyl adjacent to an activating group) is 1. The van der Waals surface area contributed by atoms with Crippen LogP contribution < -0.4 is 10.6 Å². The van der Waals surface area contributed by atoms with Gasteiger partial charge in [-0.2, -0.15) is 5.10 Å². The van der Waals surface area contributed by atoms with Gasteiger partial charge in [-0.15, -0.1) is 0 Å². The van der Waals surface area contributed by atoms with Crippen LogP contribution in [0.15, 0.2) is 24.3 Å². The molecular formula is C18H24ClN5O2. The van der Waals surface area contributed by atoms with E-state index in [1.807, 2.05) is 20.9 Å². The number of para-hydroxylation sites is 1. The molecule has 140 valence electrons. The van der Waals surface area contributed by atoms with Gasteiger partial charge in [0.25, 0.3) is 0 Å². The van der Waals surface area contributed by atoms with E-state index in [4.69, 9.17) is 11.6 Å². The number of rotatable bonds is 6. The van der Waals surface area contributed by atoms with Crippen molar-refractivity contribution in [3.8, 4) is 0 Å². The van der Waals surface area contributed by atoms with Crippen LogP contribution in [0.1, 0.15) is 18.3 Å². The Hall–Kier alpha value is -2.38. The van der Waals surface area contributed by atoms with Crippen molar-refractivity contribution in [3.63, 3.8) is 0 Å². The molecule has 0 unspecified atom stereocenters. The number of nitrogens with one attached hydrogen (secondary N) is 2. The second-order valence-electron chi connectivity index (χ2n) is 6.28. The minimum absolute atomic E-state index is 0.0603. The Morgan fingerprint density at radius 3 is 2.50 bits per heavy atom. The summed E-state index contributed by atoms with van der Waals surface area (Å²) < 4.78 is 1.72. The highest BCUT2D eigenvalue weighted by Gasteiger charge is 2.22. The molecular weight excluding hydrogens is 354 g/mol. The van der Waals surface area contributed by atoms with Gasteiger partial charge in [0.1, 0.15) is 0 Å². The first-order valence-electron chi connectivity index (χ1n) is 8.26. The van der Waals surface area contributed by atoms with E-state index in [0.29, 0.717) is 16.4 Å². The highest BCUT2D eigenvalue weighted by molar-refractivity contribution is 6.33. The number of benzene rings is 1. The lowest BCUT2D eigenvalue weighted by atomic mass is 10.2. The maximum atomic E-state index is 12.5. The van der Waals surface area contributed by atoms with Crippen molar-refractivity contribution in [2.24, 2.45) is 7.05 Å². The van der Waals surface area contributed by atoms with Crippen LogP contribution in [-0.4, -0.2) is 46.1 Å². The molecule has 0 aliphatic carbocycles. The fourth-order valence-electron chi connectivity index (χ4n) is 2.50. The summed E-state index contributed by atoms with van der Waals surface area (Å²) in [5.74, 6) is -0.439. The minimum atomic E-state index is -0.494. The van der Waals surface area contributed by atoms with E-state index in [1.165, 1.54) is 0 Å². The summed E-state index contributed by atoms with van der Waals surface area (Å²) in [5, 5.41) is 10.4. The first-order valence-corrected chi connectivity index (χ1v) is 8.64. The number of nitrogens with zero attached hydrogens (tertiary/aromatic N) is 3. The lowest BCUT2D eigenvalue weighted by molar-refractivity contribution is -0.122. The molecule has 0 aliphatic rings. The zero-order valence-corrected chi connectivity index (χ0v) is 16.4. The van der Waals surface area contributed by atoms with Gasteiger partial charge in [-0.3, -0.25) is 19.2 Å². The Labute approximate surface area is 158 Å². The van der Waals surface area contributed by atoms with E-state index < -0.39 is 6.04 Å². The number of amides is 2. The van der Waals surface area contributed by atoms with Gasteiger partial charge in [-0.1, -0.05) is 23.7 Å². The molecule has 1 aromatic heterocycles. The van der Waals surface area contributed by atoms with Crippen LogP contribution in [0.25, 0.3) is 0 Å². The second kappa shape index (κ2) is 8.33. The summed E-state index contributed by atoms with van der Waals surface area (Å²) in [6.45, 7) is 5.54. The van der Waals surface area contributed by atoms with Crippen LogP contribution in [0.4, 0.5) is 11.4 Å². The van der Waals surface area contributed by atoms with Crippen molar-refractivity contribution in [1.82, 2.24) is 14.7 Å². The third kappa shape index (κ3) is 4.62. The maximum absolute atomic E-state index is 12.5. The molecule has 1 aromatic carbocycles. The Morgan fingerprint density at radius 2 is 1.92 bits per heavy atom. The normalized spacial score (nSPS) is 12.1. The number of hydrogen-bond acceptors (Lipinski definition) is 4. The molecule has 8 heteroatoms. The summed E-state index contributed by atoms with van der Waals surface area (Å²) >= 11 is 6.04. The molecule has 0 radical (unpaired) electrons. The summed E-state index contributed by atoms with van der Waals surface area (Å²) in [6.07, 6.45) is 0. The lowest BCUT2D eigenvalue weighted by Crippen LogP contribution is -2.43. The highest BCUT2D eigenvalue weighted by Crippen LogP contribution is 2.21. The van der Waals surface area contributed by atoms with Crippen molar-refractivity contribution in [2.75, 3.05) is 24.2 Å². The average Bonchev–Trinajstić information content (AvgIpc) is 2.82. The molecule has 2 aromatic rings. The molecule has 0 fully saturated rings. The van der Waals surface area contributed by atoms with Crippen molar-refractivity contribution >= 4 is 34.8 Å². The maximum Gasteiger partial charge on any atom is 0.241 e.